The molecule has 0 amide bonds. The maximum Gasteiger partial charge on any atom is 0.340 e. The summed E-state index contributed by atoms with van der Waals surface area (Å²) >= 11 is 0. The number of methoxy groups -OCH3 is 2. The molecule has 0 fully saturated rings. The lowest BCUT2D eigenvalue weighted by molar-refractivity contribution is -0.0199. The second-order valence-corrected chi connectivity index (χ2v) is 9.16. The Morgan fingerprint density at radius 1 is 0.872 bits per heavy atom. The molecule has 2 heterocycles. The van der Waals surface area contributed by atoms with Crippen LogP contribution in [0, 0.1) is 0 Å². The lowest BCUT2D eigenvalue weighted by atomic mass is 9.95. The van der Waals surface area contributed by atoms with Gasteiger partial charge in [-0.25, -0.2) is 9.80 Å². The van der Waals surface area contributed by atoms with E-state index >= 15 is 0 Å². The molecule has 0 spiro atoms. The topological polar surface area (TPSA) is 89.8 Å². The minimum Gasteiger partial charge on any atom is -0.493 e. The highest BCUT2D eigenvalue weighted by Crippen LogP contribution is 2.49. The highest BCUT2D eigenvalue weighted by molar-refractivity contribution is 6.02. The number of hydrogen-bond acceptors (Lipinski definition) is 7. The summed E-state index contributed by atoms with van der Waals surface area (Å²) in [5, 5.41) is 17.0. The molecule has 8 nitrogen and oxygen atoms in total. The molecule has 0 saturated heterocycles. The van der Waals surface area contributed by atoms with Crippen LogP contribution in [-0.4, -0.2) is 36.0 Å². The van der Waals surface area contributed by atoms with Crippen LogP contribution in [0.5, 0.6) is 28.7 Å². The van der Waals surface area contributed by atoms with Crippen LogP contribution in [0.15, 0.2) is 96.1 Å². The number of carbonyl (C=O) groups is 1. The molecule has 2 aliphatic heterocycles. The number of benzene rings is 4. The first kappa shape index (κ1) is 24.4. The van der Waals surface area contributed by atoms with Crippen molar-refractivity contribution in [3.05, 3.63) is 113 Å². The van der Waals surface area contributed by atoms with Gasteiger partial charge in [0.05, 0.1) is 26.0 Å². The fourth-order valence-electron chi connectivity index (χ4n) is 5.12. The summed E-state index contributed by atoms with van der Waals surface area (Å²) < 4.78 is 23.2. The largest absolute Gasteiger partial charge is 0.493 e. The quantitative estimate of drug-likeness (QED) is 0.299. The van der Waals surface area contributed by atoms with Crippen molar-refractivity contribution in [2.24, 2.45) is 5.10 Å². The van der Waals surface area contributed by atoms with Gasteiger partial charge in [0.25, 0.3) is 0 Å². The number of hydrazone groups is 1. The molecule has 0 saturated carbocycles. The van der Waals surface area contributed by atoms with Gasteiger partial charge in [-0.05, 0) is 60.2 Å². The molecule has 6 rings (SSSR count). The van der Waals surface area contributed by atoms with Crippen molar-refractivity contribution in [3.63, 3.8) is 0 Å². The minimum atomic E-state index is -1.14. The molecule has 196 valence electrons. The van der Waals surface area contributed by atoms with E-state index in [-0.39, 0.29) is 17.4 Å². The maximum absolute atomic E-state index is 12.4. The third-order valence-corrected chi connectivity index (χ3v) is 6.92. The molecule has 4 aromatic rings. The molecule has 39 heavy (non-hydrogen) atoms. The van der Waals surface area contributed by atoms with Gasteiger partial charge in [0.15, 0.2) is 11.5 Å². The van der Waals surface area contributed by atoms with E-state index in [1.807, 2.05) is 83.9 Å². The maximum atomic E-state index is 12.4. The van der Waals surface area contributed by atoms with Gasteiger partial charge in [-0.2, -0.15) is 5.10 Å². The van der Waals surface area contributed by atoms with Crippen molar-refractivity contribution in [1.82, 2.24) is 5.01 Å². The molecule has 8 heteroatoms. The Hall–Kier alpha value is -4.98. The Balaban J connectivity index is 1.38. The third kappa shape index (κ3) is 4.40. The number of ether oxygens (including phenoxy) is 4. The highest BCUT2D eigenvalue weighted by Gasteiger charge is 2.43. The van der Waals surface area contributed by atoms with Crippen molar-refractivity contribution < 1.29 is 28.8 Å². The van der Waals surface area contributed by atoms with E-state index in [9.17, 15) is 9.90 Å². The van der Waals surface area contributed by atoms with E-state index in [0.717, 1.165) is 28.3 Å². The molecule has 0 radical (unpaired) electrons. The minimum absolute atomic E-state index is 0.0222. The standard InChI is InChI=1S/C31H26N2O6/c1-36-27-17-16-23(28(31(34)35)29(27)37-2)30-33-25(22-10-6-7-11-26(22)39-30)18-24(32-33)19-12-14-21(15-13-19)38-20-8-4-3-5-9-20/h3-17,25,30H,18H2,1-2H3,(H,34,35)/t25-,30+/m1/s1. The lowest BCUT2D eigenvalue weighted by Gasteiger charge is -2.38. The molecule has 2 aliphatic rings. The summed E-state index contributed by atoms with van der Waals surface area (Å²) in [4.78, 5) is 12.4. The lowest BCUT2D eigenvalue weighted by Crippen LogP contribution is -2.34. The summed E-state index contributed by atoms with van der Waals surface area (Å²) in [6, 6.07) is 28.4. The summed E-state index contributed by atoms with van der Waals surface area (Å²) in [6.07, 6.45) is -0.153. The van der Waals surface area contributed by atoms with E-state index in [2.05, 4.69) is 0 Å². The molecular weight excluding hydrogens is 496 g/mol. The normalized spacial score (nSPS) is 17.4. The fourth-order valence-corrected chi connectivity index (χ4v) is 5.12. The predicted octanol–water partition coefficient (Wildman–Crippen LogP) is 6.44. The van der Waals surface area contributed by atoms with E-state index in [0.29, 0.717) is 23.5 Å². The SMILES string of the molecule is COc1ccc([C@@H]2Oc3ccccc3[C@H]3CC(c4ccc(Oc5ccccc5)cc4)=NN32)c(C(=O)O)c1OC. The Bertz CT molecular complexity index is 1550. The number of para-hydroxylation sites is 2. The first-order valence-electron chi connectivity index (χ1n) is 12.5. The Kier molecular flexibility index (Phi) is 6.28. The first-order chi connectivity index (χ1) is 19.1. The van der Waals surface area contributed by atoms with Crippen molar-refractivity contribution in [2.45, 2.75) is 18.7 Å². The summed E-state index contributed by atoms with van der Waals surface area (Å²) in [7, 11) is 2.89. The van der Waals surface area contributed by atoms with E-state index in [1.54, 1.807) is 12.1 Å². The number of hydrogen-bond donors (Lipinski definition) is 1. The van der Waals surface area contributed by atoms with Crippen LogP contribution in [0.4, 0.5) is 0 Å². The number of carboxylic acids is 1. The highest BCUT2D eigenvalue weighted by atomic mass is 16.5. The molecule has 0 bridgehead atoms. The average molecular weight is 523 g/mol. The van der Waals surface area contributed by atoms with Crippen molar-refractivity contribution in [1.29, 1.82) is 0 Å². The second kappa shape index (κ2) is 10.1. The Morgan fingerprint density at radius 2 is 1.59 bits per heavy atom. The van der Waals surface area contributed by atoms with E-state index in [1.165, 1.54) is 14.2 Å². The average Bonchev–Trinajstić information content (AvgIpc) is 3.43. The van der Waals surface area contributed by atoms with Crippen LogP contribution in [-0.2, 0) is 0 Å². The van der Waals surface area contributed by atoms with Gasteiger partial charge >= 0.3 is 5.97 Å². The summed E-state index contributed by atoms with van der Waals surface area (Å²) in [6.45, 7) is 0. The zero-order valence-corrected chi connectivity index (χ0v) is 21.4. The fraction of sp³-hybridized carbons (Fsp3) is 0.161. The number of nitrogens with zero attached hydrogens (tertiary/aromatic N) is 2. The van der Waals surface area contributed by atoms with Crippen LogP contribution in [0.2, 0.25) is 0 Å². The van der Waals surface area contributed by atoms with Gasteiger partial charge in [0.2, 0.25) is 6.23 Å². The van der Waals surface area contributed by atoms with Crippen molar-refractivity contribution in [2.75, 3.05) is 14.2 Å². The van der Waals surface area contributed by atoms with Gasteiger partial charge < -0.3 is 24.1 Å². The number of aromatic carboxylic acids is 1. The Labute approximate surface area is 225 Å². The zero-order valence-electron chi connectivity index (χ0n) is 21.4. The van der Waals surface area contributed by atoms with Crippen LogP contribution >= 0.6 is 0 Å². The predicted molar refractivity (Wildman–Crippen MR) is 145 cm³/mol. The molecule has 1 N–H and O–H groups in total. The van der Waals surface area contributed by atoms with Gasteiger partial charge in [-0.1, -0.05) is 36.4 Å². The van der Waals surface area contributed by atoms with Crippen LogP contribution < -0.4 is 18.9 Å². The van der Waals surface area contributed by atoms with Crippen molar-refractivity contribution in [3.8, 4) is 28.7 Å². The van der Waals surface area contributed by atoms with Gasteiger partial charge in [-0.3, -0.25) is 0 Å². The second-order valence-electron chi connectivity index (χ2n) is 9.16. The van der Waals surface area contributed by atoms with Crippen molar-refractivity contribution >= 4 is 11.7 Å². The molecule has 0 aliphatic carbocycles. The molecule has 0 unspecified atom stereocenters. The molecule has 4 aromatic carbocycles. The van der Waals surface area contributed by atoms with Crippen LogP contribution in [0.3, 0.4) is 0 Å². The monoisotopic (exact) mass is 522 g/mol. The Morgan fingerprint density at radius 3 is 2.31 bits per heavy atom. The van der Waals surface area contributed by atoms with E-state index < -0.39 is 12.2 Å². The van der Waals surface area contributed by atoms with Gasteiger partial charge in [0, 0.05) is 17.5 Å². The smallest absolute Gasteiger partial charge is 0.340 e. The van der Waals surface area contributed by atoms with E-state index in [4.69, 9.17) is 24.0 Å². The zero-order chi connectivity index (χ0) is 26.9. The van der Waals surface area contributed by atoms with Crippen LogP contribution in [0.25, 0.3) is 0 Å². The number of carboxylic acid groups (broad SMARTS) is 1. The summed E-state index contributed by atoms with van der Waals surface area (Å²) in [5.41, 5.74) is 3.22. The van der Waals surface area contributed by atoms with Crippen LogP contribution in [0.1, 0.15) is 45.7 Å². The number of fused-ring (bicyclic) bond motifs is 3. The van der Waals surface area contributed by atoms with Gasteiger partial charge in [-0.15, -0.1) is 0 Å². The first-order valence-corrected chi connectivity index (χ1v) is 12.5. The number of rotatable bonds is 7. The molecule has 0 aromatic heterocycles. The van der Waals surface area contributed by atoms with Gasteiger partial charge in [0.1, 0.15) is 22.8 Å². The molecular formula is C31H26N2O6. The molecule has 2 atom stereocenters. The summed E-state index contributed by atoms with van der Waals surface area (Å²) in [5.74, 6) is 1.51. The third-order valence-electron chi connectivity index (χ3n) is 6.92.